The van der Waals surface area contributed by atoms with Crippen LogP contribution in [0.1, 0.15) is 131 Å². The summed E-state index contributed by atoms with van der Waals surface area (Å²) in [5, 5.41) is 13.7. The zero-order valence-corrected chi connectivity index (χ0v) is 32.2. The third kappa shape index (κ3) is 11.7. The molecule has 1 aromatic heterocycles. The van der Waals surface area contributed by atoms with E-state index in [1.54, 1.807) is 16.7 Å². The maximum Gasteiger partial charge on any atom is 0.354 e. The highest BCUT2D eigenvalue weighted by atomic mass is 16.5. The van der Waals surface area contributed by atoms with Crippen molar-refractivity contribution < 1.29 is 23.9 Å². The average molecular weight is 744 g/mol. The Morgan fingerprint density at radius 3 is 2.00 bits per heavy atom. The summed E-state index contributed by atoms with van der Waals surface area (Å²) in [7, 11) is 0. The van der Waals surface area contributed by atoms with Crippen molar-refractivity contribution in [3.05, 3.63) is 74.2 Å². The van der Waals surface area contributed by atoms with Crippen molar-refractivity contribution in [2.75, 3.05) is 19.7 Å². The number of esters is 1. The van der Waals surface area contributed by atoms with E-state index in [9.17, 15) is 14.4 Å². The van der Waals surface area contributed by atoms with Crippen LogP contribution < -0.4 is 15.4 Å². The zero-order chi connectivity index (χ0) is 38.6. The molecule has 4 aliphatic carbocycles. The second-order valence-corrected chi connectivity index (χ2v) is 16.6. The number of carbonyl (C=O) groups excluding carboxylic acids is 3. The Morgan fingerprint density at radius 2 is 1.41 bits per heavy atom. The summed E-state index contributed by atoms with van der Waals surface area (Å²) in [6.07, 6.45) is 12.2. The summed E-state index contributed by atoms with van der Waals surface area (Å²) in [5.74, 6) is 1.54. The first-order valence-corrected chi connectivity index (χ1v) is 19.8. The predicted molar refractivity (Wildman–Crippen MR) is 206 cm³/mol. The van der Waals surface area contributed by atoms with Crippen LogP contribution in [0.3, 0.4) is 0 Å². The topological polar surface area (TPSA) is 196 Å². The molecule has 14 nitrogen and oxygen atoms in total. The first-order chi connectivity index (χ1) is 26.0. The molecule has 1 atom stereocenters. The van der Waals surface area contributed by atoms with Crippen LogP contribution in [-0.2, 0) is 22.5 Å². The van der Waals surface area contributed by atoms with Gasteiger partial charge in [-0.2, -0.15) is 0 Å². The van der Waals surface area contributed by atoms with Gasteiger partial charge < -0.3 is 24.7 Å². The van der Waals surface area contributed by atoms with Gasteiger partial charge in [-0.15, -0.1) is 0 Å². The number of nitrogens with one attached hydrogen (secondary N) is 2. The van der Waals surface area contributed by atoms with Crippen molar-refractivity contribution in [3.63, 3.8) is 0 Å². The Hall–Kier alpha value is -4.67. The lowest BCUT2D eigenvalue weighted by atomic mass is 9.53. The number of ether oxygens (including phenoxy) is 2. The van der Waals surface area contributed by atoms with Crippen LogP contribution in [0.5, 0.6) is 5.75 Å². The minimum atomic E-state index is -0.843. The van der Waals surface area contributed by atoms with Crippen LogP contribution >= 0.6 is 0 Å². The van der Waals surface area contributed by atoms with E-state index in [0.717, 1.165) is 56.3 Å². The van der Waals surface area contributed by atoms with Gasteiger partial charge in [-0.3, -0.25) is 9.59 Å². The number of hydrogen-bond donors (Lipinski definition) is 2. The number of unbranched alkanes of at least 4 members (excludes halogenated alkanes) is 5. The van der Waals surface area contributed by atoms with Crippen molar-refractivity contribution in [3.8, 4) is 5.75 Å². The Kier molecular flexibility index (Phi) is 14.3. The summed E-state index contributed by atoms with van der Waals surface area (Å²) >= 11 is 0. The van der Waals surface area contributed by atoms with E-state index in [1.807, 2.05) is 45.0 Å². The molecule has 0 aliphatic heterocycles. The summed E-state index contributed by atoms with van der Waals surface area (Å²) in [4.78, 5) is 47.4. The standard InChI is InChI=1S/C40H57N9O5/c1-39(2,3)54-32-13-11-28(12-14-32)24-33(36(50)46-40-25-29-21-30(26-40)23-31(22-29)27-40)45-37(51)34-15-16-35(38(52)53-20-10-6-8-18-44-48-42)49(34)19-9-5-4-7-17-43-47-41/h11-16,29-31,33H,4-10,17-27H2,1-3H3,(H,45,51)(H,46,50)/t29?,30?,31?,33-,40?/m0/s1. The second kappa shape index (κ2) is 19.1. The molecule has 4 fully saturated rings. The van der Waals surface area contributed by atoms with Crippen molar-refractivity contribution >= 4 is 17.8 Å². The first kappa shape index (κ1) is 40.5. The van der Waals surface area contributed by atoms with Gasteiger partial charge in [0.05, 0.1) is 6.61 Å². The van der Waals surface area contributed by atoms with Gasteiger partial charge in [-0.05, 0) is 150 Å². The van der Waals surface area contributed by atoms with Crippen LogP contribution in [-0.4, -0.2) is 59.2 Å². The Labute approximate surface area is 318 Å². The molecule has 292 valence electrons. The molecular formula is C40H57N9O5. The number of amides is 2. The highest BCUT2D eigenvalue weighted by Crippen LogP contribution is 2.55. The fourth-order valence-electron chi connectivity index (χ4n) is 9.02. The summed E-state index contributed by atoms with van der Waals surface area (Å²) in [6.45, 7) is 7.39. The zero-order valence-electron chi connectivity index (χ0n) is 32.2. The second-order valence-electron chi connectivity index (χ2n) is 16.6. The average Bonchev–Trinajstić information content (AvgIpc) is 3.54. The van der Waals surface area contributed by atoms with Gasteiger partial charge in [0.15, 0.2) is 0 Å². The van der Waals surface area contributed by atoms with Crippen LogP contribution in [0.15, 0.2) is 46.6 Å². The highest BCUT2D eigenvalue weighted by Gasteiger charge is 2.52. The van der Waals surface area contributed by atoms with E-state index in [-0.39, 0.29) is 35.0 Å². The smallest absolute Gasteiger partial charge is 0.354 e. The SMILES string of the molecule is CC(C)(C)Oc1ccc(C[C@H](NC(=O)c2ccc(C(=O)OCCCCCN=[N+]=[N-])n2CCCCCCN=[N+]=[N-])C(=O)NC23CC4CC(CC(C4)C2)C3)cc1. The maximum absolute atomic E-state index is 14.3. The van der Waals surface area contributed by atoms with Gasteiger partial charge in [0.1, 0.15) is 28.8 Å². The molecule has 1 aromatic carbocycles. The van der Waals surface area contributed by atoms with Gasteiger partial charge in [-0.25, -0.2) is 4.79 Å². The minimum Gasteiger partial charge on any atom is -0.488 e. The molecule has 2 N–H and O–H groups in total. The van der Waals surface area contributed by atoms with Crippen LogP contribution in [0.2, 0.25) is 0 Å². The number of carbonyl (C=O) groups is 3. The Bertz CT molecular complexity index is 1650. The molecule has 4 saturated carbocycles. The number of benzene rings is 1. The van der Waals surface area contributed by atoms with E-state index in [2.05, 4.69) is 30.7 Å². The highest BCUT2D eigenvalue weighted by molar-refractivity contribution is 5.99. The molecule has 4 bridgehead atoms. The molecule has 54 heavy (non-hydrogen) atoms. The largest absolute Gasteiger partial charge is 0.488 e. The number of aromatic nitrogens is 1. The lowest BCUT2D eigenvalue weighted by Gasteiger charge is -2.57. The molecule has 0 spiro atoms. The van der Waals surface area contributed by atoms with Gasteiger partial charge >= 0.3 is 5.97 Å². The van der Waals surface area contributed by atoms with Crippen molar-refractivity contribution in [1.29, 1.82) is 0 Å². The third-order valence-corrected chi connectivity index (χ3v) is 10.9. The fourth-order valence-corrected chi connectivity index (χ4v) is 9.02. The number of nitrogens with zero attached hydrogens (tertiary/aromatic N) is 7. The van der Waals surface area contributed by atoms with E-state index in [4.69, 9.17) is 20.5 Å². The monoisotopic (exact) mass is 743 g/mol. The van der Waals surface area contributed by atoms with E-state index in [1.165, 1.54) is 19.3 Å². The Morgan fingerprint density at radius 1 is 0.833 bits per heavy atom. The van der Waals surface area contributed by atoms with Crippen LogP contribution in [0.25, 0.3) is 20.9 Å². The predicted octanol–water partition coefficient (Wildman–Crippen LogP) is 8.60. The lowest BCUT2D eigenvalue weighted by molar-refractivity contribution is -0.128. The summed E-state index contributed by atoms with van der Waals surface area (Å²) in [6, 6.07) is 10.1. The van der Waals surface area contributed by atoms with E-state index < -0.39 is 17.9 Å². The summed E-state index contributed by atoms with van der Waals surface area (Å²) in [5.41, 5.74) is 17.9. The first-order valence-electron chi connectivity index (χ1n) is 19.8. The number of hydrogen-bond acceptors (Lipinski definition) is 7. The Balaban J connectivity index is 1.32. The molecule has 4 aliphatic rings. The molecule has 0 saturated heterocycles. The normalized spacial score (nSPS) is 21.7. The van der Waals surface area contributed by atoms with Crippen molar-refractivity contribution in [2.45, 2.75) is 134 Å². The van der Waals surface area contributed by atoms with Crippen LogP contribution in [0, 0.1) is 17.8 Å². The maximum atomic E-state index is 14.3. The van der Waals surface area contributed by atoms with Gasteiger partial charge in [0.2, 0.25) is 5.91 Å². The number of rotatable bonds is 21. The van der Waals surface area contributed by atoms with Gasteiger partial charge in [-0.1, -0.05) is 35.2 Å². The molecule has 14 heteroatoms. The van der Waals surface area contributed by atoms with E-state index >= 15 is 0 Å². The van der Waals surface area contributed by atoms with Crippen molar-refractivity contribution in [1.82, 2.24) is 15.2 Å². The summed E-state index contributed by atoms with van der Waals surface area (Å²) < 4.78 is 13.3. The molecule has 6 rings (SSSR count). The molecule has 0 unspecified atom stereocenters. The van der Waals surface area contributed by atoms with Gasteiger partial charge in [0.25, 0.3) is 5.91 Å². The minimum absolute atomic E-state index is 0.182. The fraction of sp³-hybridized carbons (Fsp3) is 0.675. The van der Waals surface area contributed by atoms with E-state index in [0.29, 0.717) is 63.1 Å². The quantitative estimate of drug-likeness (QED) is 0.0424. The molecule has 2 amide bonds. The van der Waals surface area contributed by atoms with Crippen LogP contribution in [0.4, 0.5) is 0 Å². The third-order valence-electron chi connectivity index (χ3n) is 10.9. The molecule has 0 radical (unpaired) electrons. The molecule has 2 aromatic rings. The molecule has 1 heterocycles. The van der Waals surface area contributed by atoms with Gasteiger partial charge in [0, 0.05) is 41.4 Å². The van der Waals surface area contributed by atoms with Crippen molar-refractivity contribution in [2.24, 2.45) is 28.0 Å². The lowest BCUT2D eigenvalue weighted by Crippen LogP contribution is -2.63. The molecular weight excluding hydrogens is 686 g/mol. The number of azide groups is 2.